The highest BCUT2D eigenvalue weighted by atomic mass is 19.4. The smallest absolute Gasteiger partial charge is 0.417 e. The number of hydrogen-bond acceptors (Lipinski definition) is 5. The van der Waals surface area contributed by atoms with Crippen LogP contribution >= 0.6 is 0 Å². The third-order valence-corrected chi connectivity index (χ3v) is 8.79. The summed E-state index contributed by atoms with van der Waals surface area (Å²) in [4.78, 5) is 43.6. The van der Waals surface area contributed by atoms with Gasteiger partial charge in [-0.1, -0.05) is 79.9 Å². The Bertz CT molecular complexity index is 1580. The second kappa shape index (κ2) is 14.1. The number of ether oxygens (including phenoxy) is 2. The second-order valence-corrected chi connectivity index (χ2v) is 12.4. The number of rotatable bonds is 9. The summed E-state index contributed by atoms with van der Waals surface area (Å²) >= 11 is 0. The van der Waals surface area contributed by atoms with Crippen LogP contribution in [0.5, 0.6) is 5.75 Å². The zero-order valence-electron chi connectivity index (χ0n) is 26.8. The molecule has 0 spiro atoms. The number of halogens is 3. The average Bonchev–Trinajstić information content (AvgIpc) is 3.06. The predicted molar refractivity (Wildman–Crippen MR) is 171 cm³/mol. The number of alkyl carbamates (subject to hydrolysis) is 1. The zero-order valence-corrected chi connectivity index (χ0v) is 26.8. The van der Waals surface area contributed by atoms with E-state index in [1.807, 2.05) is 30.3 Å². The van der Waals surface area contributed by atoms with E-state index in [-0.39, 0.29) is 43.2 Å². The number of amides is 3. The topological polar surface area (TPSA) is 88.2 Å². The summed E-state index contributed by atoms with van der Waals surface area (Å²) in [5.74, 6) is -1.49. The van der Waals surface area contributed by atoms with Crippen molar-refractivity contribution in [2.45, 2.75) is 83.3 Å². The average molecular weight is 652 g/mol. The quantitative estimate of drug-likeness (QED) is 0.260. The van der Waals surface area contributed by atoms with E-state index >= 15 is 0 Å². The Hall–Kier alpha value is -4.54. The highest BCUT2D eigenvalue weighted by molar-refractivity contribution is 6.05. The molecule has 3 aromatic carbocycles. The van der Waals surface area contributed by atoms with Crippen LogP contribution in [0.1, 0.15) is 79.9 Å². The van der Waals surface area contributed by atoms with E-state index in [1.165, 1.54) is 11.8 Å². The molecule has 0 radical (unpaired) electrons. The van der Waals surface area contributed by atoms with Crippen LogP contribution in [-0.2, 0) is 27.9 Å². The van der Waals surface area contributed by atoms with E-state index in [0.717, 1.165) is 37.0 Å². The van der Waals surface area contributed by atoms with Gasteiger partial charge in [0.05, 0.1) is 16.8 Å². The molecule has 0 aromatic heterocycles. The van der Waals surface area contributed by atoms with Crippen molar-refractivity contribution in [1.82, 2.24) is 10.2 Å². The first kappa shape index (κ1) is 33.8. The fraction of sp³-hybridized carbons (Fsp3) is 0.417. The fourth-order valence-corrected chi connectivity index (χ4v) is 6.43. The number of carbonyl (C=O) groups is 3. The van der Waals surface area contributed by atoms with Crippen molar-refractivity contribution in [1.29, 1.82) is 0 Å². The summed E-state index contributed by atoms with van der Waals surface area (Å²) in [6.07, 6.45) is -1.36. The van der Waals surface area contributed by atoms with Gasteiger partial charge >= 0.3 is 12.3 Å². The number of fused-ring (bicyclic) bond motifs is 1. The zero-order chi connectivity index (χ0) is 33.8. The molecule has 1 N–H and O–H groups in total. The van der Waals surface area contributed by atoms with Crippen LogP contribution in [0, 0.1) is 0 Å². The molecule has 5 rings (SSSR count). The number of hydrogen-bond donors (Lipinski definition) is 1. The second-order valence-electron chi connectivity index (χ2n) is 12.4. The molecule has 0 bridgehead atoms. The van der Waals surface area contributed by atoms with E-state index in [1.54, 1.807) is 49.1 Å². The molecule has 0 saturated heterocycles. The Balaban J connectivity index is 1.50. The van der Waals surface area contributed by atoms with Gasteiger partial charge in [-0.15, -0.1) is 0 Å². The molecule has 11 heteroatoms. The Labute approximate surface area is 272 Å². The van der Waals surface area contributed by atoms with Gasteiger partial charge in [-0.2, -0.15) is 13.2 Å². The van der Waals surface area contributed by atoms with Crippen molar-refractivity contribution in [3.05, 3.63) is 95.1 Å². The van der Waals surface area contributed by atoms with Gasteiger partial charge in [0, 0.05) is 30.7 Å². The van der Waals surface area contributed by atoms with Crippen molar-refractivity contribution in [2.24, 2.45) is 0 Å². The van der Waals surface area contributed by atoms with Crippen molar-refractivity contribution < 1.29 is 37.0 Å². The lowest BCUT2D eigenvalue weighted by Gasteiger charge is -2.42. The van der Waals surface area contributed by atoms with Crippen molar-refractivity contribution in [3.8, 4) is 5.75 Å². The highest BCUT2D eigenvalue weighted by Gasteiger charge is 2.48. The van der Waals surface area contributed by atoms with Gasteiger partial charge in [0.15, 0.2) is 0 Å². The van der Waals surface area contributed by atoms with E-state index in [2.05, 4.69) is 5.32 Å². The van der Waals surface area contributed by atoms with Gasteiger partial charge in [0.1, 0.15) is 12.4 Å². The minimum absolute atomic E-state index is 0.0200. The monoisotopic (exact) mass is 651 g/mol. The molecular formula is C36H40F3N3O5. The van der Waals surface area contributed by atoms with Gasteiger partial charge in [0.2, 0.25) is 5.60 Å². The minimum atomic E-state index is -4.88. The van der Waals surface area contributed by atoms with Gasteiger partial charge in [-0.25, -0.2) is 4.79 Å². The predicted octanol–water partition coefficient (Wildman–Crippen LogP) is 7.46. The standard InChI is InChI=1S/C36H40F3N3O5/c1-24(2)42(27-17-11-6-12-18-27)32(43)28-21-30-31(22-29(28)36(37,38)39)47-35(3,26-15-9-5-10-16-26)33(44)41(30)20-19-40-34(45)46-23-25-13-7-4-8-14-25/h4-5,7-10,13-16,21-22,24,27H,6,11-12,17-20,23H2,1-3H3,(H,40,45). The maximum atomic E-state index is 14.7. The van der Waals surface area contributed by atoms with Crippen LogP contribution in [0.4, 0.5) is 23.7 Å². The summed E-state index contributed by atoms with van der Waals surface area (Å²) < 4.78 is 55.5. The van der Waals surface area contributed by atoms with Crippen molar-refractivity contribution in [3.63, 3.8) is 0 Å². The molecule has 1 aliphatic carbocycles. The first-order chi connectivity index (χ1) is 22.4. The number of carbonyl (C=O) groups excluding carboxylic acids is 3. The van der Waals surface area contributed by atoms with Crippen LogP contribution in [0.2, 0.25) is 0 Å². The van der Waals surface area contributed by atoms with Crippen LogP contribution < -0.4 is 15.0 Å². The molecule has 8 nitrogen and oxygen atoms in total. The number of nitrogens with one attached hydrogen (secondary N) is 1. The van der Waals surface area contributed by atoms with Gasteiger partial charge < -0.3 is 24.6 Å². The maximum Gasteiger partial charge on any atom is 0.417 e. The highest BCUT2D eigenvalue weighted by Crippen LogP contribution is 2.47. The molecule has 1 fully saturated rings. The van der Waals surface area contributed by atoms with E-state index in [4.69, 9.17) is 9.47 Å². The molecule has 3 aromatic rings. The Morgan fingerprint density at radius 1 is 1.02 bits per heavy atom. The molecule has 3 amide bonds. The third-order valence-electron chi connectivity index (χ3n) is 8.79. The number of alkyl halides is 3. The minimum Gasteiger partial charge on any atom is -0.471 e. The number of anilines is 1. The van der Waals surface area contributed by atoms with Crippen LogP contribution in [-0.4, -0.2) is 48.0 Å². The van der Waals surface area contributed by atoms with E-state index in [9.17, 15) is 27.6 Å². The molecular weight excluding hydrogens is 611 g/mol. The third kappa shape index (κ3) is 7.39. The first-order valence-corrected chi connectivity index (χ1v) is 16.0. The summed E-state index contributed by atoms with van der Waals surface area (Å²) in [5, 5.41) is 2.62. The Kier molecular flexibility index (Phi) is 10.1. The van der Waals surface area contributed by atoms with Gasteiger partial charge in [-0.3, -0.25) is 9.59 Å². The summed E-state index contributed by atoms with van der Waals surface area (Å²) in [7, 11) is 0. The van der Waals surface area contributed by atoms with Crippen LogP contribution in [0.25, 0.3) is 0 Å². The van der Waals surface area contributed by atoms with E-state index in [0.29, 0.717) is 18.4 Å². The number of nitrogens with zero attached hydrogens (tertiary/aromatic N) is 2. The molecule has 250 valence electrons. The first-order valence-electron chi connectivity index (χ1n) is 16.0. The molecule has 2 aliphatic rings. The Morgan fingerprint density at radius 2 is 1.66 bits per heavy atom. The summed E-state index contributed by atoms with van der Waals surface area (Å²) in [5.41, 5.74) is -2.10. The molecule has 1 heterocycles. The largest absolute Gasteiger partial charge is 0.471 e. The lowest BCUT2D eigenvalue weighted by Crippen LogP contribution is -2.54. The molecule has 1 atom stereocenters. The normalized spacial score (nSPS) is 18.4. The molecule has 47 heavy (non-hydrogen) atoms. The molecule has 1 aliphatic heterocycles. The lowest BCUT2D eigenvalue weighted by atomic mass is 9.90. The maximum absolute atomic E-state index is 14.7. The Morgan fingerprint density at radius 3 is 2.28 bits per heavy atom. The SMILES string of the molecule is CC(C)N(C(=O)c1cc2c(cc1C(F)(F)F)OC(C)(c1ccccc1)C(=O)N2CCNC(=O)OCc1ccccc1)C1CCCCC1. The van der Waals surface area contributed by atoms with Crippen molar-refractivity contribution in [2.75, 3.05) is 18.0 Å². The molecule has 1 saturated carbocycles. The summed E-state index contributed by atoms with van der Waals surface area (Å²) in [6, 6.07) is 19.0. The lowest BCUT2D eigenvalue weighted by molar-refractivity contribution is -0.138. The van der Waals surface area contributed by atoms with Gasteiger partial charge in [0.25, 0.3) is 11.8 Å². The van der Waals surface area contributed by atoms with Crippen LogP contribution in [0.3, 0.4) is 0 Å². The van der Waals surface area contributed by atoms with Crippen molar-refractivity contribution >= 4 is 23.6 Å². The number of benzene rings is 3. The van der Waals surface area contributed by atoms with Gasteiger partial charge in [-0.05, 0) is 51.3 Å². The molecule has 1 unspecified atom stereocenters. The van der Waals surface area contributed by atoms with Crippen LogP contribution in [0.15, 0.2) is 72.8 Å². The van der Waals surface area contributed by atoms with E-state index < -0.39 is 40.8 Å². The fourth-order valence-electron chi connectivity index (χ4n) is 6.43. The summed E-state index contributed by atoms with van der Waals surface area (Å²) in [6.45, 7) is 4.94.